The van der Waals surface area contributed by atoms with Gasteiger partial charge in [-0.25, -0.2) is 4.99 Å². The zero-order valence-corrected chi connectivity index (χ0v) is 17.8. The van der Waals surface area contributed by atoms with Crippen molar-refractivity contribution >= 4 is 24.7 Å². The molecule has 4 rings (SSSR count). The van der Waals surface area contributed by atoms with Gasteiger partial charge in [-0.1, -0.05) is 86.6 Å². The smallest absolute Gasteiger partial charge is 0.220 e. The van der Waals surface area contributed by atoms with Gasteiger partial charge in [0.2, 0.25) is 5.90 Å². The van der Waals surface area contributed by atoms with E-state index in [0.717, 1.165) is 17.7 Å². The Morgan fingerprint density at radius 1 is 0.897 bits per heavy atom. The Morgan fingerprint density at radius 2 is 1.48 bits per heavy atom. The molecule has 0 aliphatic carbocycles. The SMILES string of the molecule is CC(C)C[C@@H]1COC(c2ccccc2OP(c2ccccc2)c2ccccc2)=N1. The summed E-state index contributed by atoms with van der Waals surface area (Å²) in [5.41, 5.74) is 0.929. The largest absolute Gasteiger partial charge is 0.475 e. The standard InChI is InChI=1S/C25H26NO2P/c1-19(2)17-20-18-27-25(26-20)23-15-9-10-16-24(23)28-29(21-11-5-3-6-12-21)22-13-7-4-8-14-22/h3-16,19-20H,17-18H2,1-2H3/t20-/m1/s1. The van der Waals surface area contributed by atoms with Crippen LogP contribution in [0.3, 0.4) is 0 Å². The van der Waals surface area contributed by atoms with Gasteiger partial charge in [-0.05, 0) is 24.5 Å². The number of aliphatic imine (C=N–C) groups is 1. The van der Waals surface area contributed by atoms with Crippen molar-refractivity contribution in [3.63, 3.8) is 0 Å². The van der Waals surface area contributed by atoms with E-state index < -0.39 is 8.15 Å². The Kier molecular flexibility index (Phi) is 6.27. The Balaban J connectivity index is 1.66. The molecular weight excluding hydrogens is 377 g/mol. The van der Waals surface area contributed by atoms with Gasteiger partial charge in [0.25, 0.3) is 0 Å². The molecule has 0 bridgehead atoms. The Labute approximate surface area is 174 Å². The molecule has 148 valence electrons. The topological polar surface area (TPSA) is 30.8 Å². The molecular formula is C25H26NO2P. The lowest BCUT2D eigenvalue weighted by molar-refractivity contribution is 0.301. The summed E-state index contributed by atoms with van der Waals surface area (Å²) in [5.74, 6) is 2.11. The van der Waals surface area contributed by atoms with Crippen LogP contribution in [0.25, 0.3) is 0 Å². The highest BCUT2D eigenvalue weighted by Crippen LogP contribution is 2.38. The fourth-order valence-corrected chi connectivity index (χ4v) is 5.18. The molecule has 0 aromatic heterocycles. The number of nitrogens with zero attached hydrogens (tertiary/aromatic N) is 1. The molecule has 3 aromatic rings. The highest BCUT2D eigenvalue weighted by Gasteiger charge is 2.25. The molecule has 29 heavy (non-hydrogen) atoms. The summed E-state index contributed by atoms with van der Waals surface area (Å²) in [4.78, 5) is 4.83. The summed E-state index contributed by atoms with van der Waals surface area (Å²) in [5, 5.41) is 2.35. The third-order valence-electron chi connectivity index (χ3n) is 4.74. The minimum Gasteiger partial charge on any atom is -0.475 e. The van der Waals surface area contributed by atoms with E-state index in [2.05, 4.69) is 62.4 Å². The van der Waals surface area contributed by atoms with Crippen molar-refractivity contribution < 1.29 is 9.26 Å². The summed E-state index contributed by atoms with van der Waals surface area (Å²) < 4.78 is 12.6. The molecule has 3 aromatic carbocycles. The van der Waals surface area contributed by atoms with Crippen LogP contribution in [-0.2, 0) is 4.74 Å². The van der Waals surface area contributed by atoms with Gasteiger partial charge in [0.05, 0.1) is 11.6 Å². The second kappa shape index (κ2) is 9.24. The van der Waals surface area contributed by atoms with Gasteiger partial charge >= 0.3 is 0 Å². The van der Waals surface area contributed by atoms with Gasteiger partial charge in [0.15, 0.2) is 8.15 Å². The monoisotopic (exact) mass is 403 g/mol. The first-order valence-electron chi connectivity index (χ1n) is 10.1. The van der Waals surface area contributed by atoms with Gasteiger partial charge in [-0.2, -0.15) is 0 Å². The van der Waals surface area contributed by atoms with Crippen LogP contribution in [0.1, 0.15) is 25.8 Å². The van der Waals surface area contributed by atoms with Crippen LogP contribution >= 0.6 is 8.15 Å². The quantitative estimate of drug-likeness (QED) is 0.501. The third-order valence-corrected chi connectivity index (χ3v) is 6.66. The van der Waals surface area contributed by atoms with Crippen LogP contribution in [0.4, 0.5) is 0 Å². The number of benzene rings is 3. The van der Waals surface area contributed by atoms with E-state index >= 15 is 0 Å². The first kappa shape index (κ1) is 19.7. The van der Waals surface area contributed by atoms with Crippen LogP contribution in [0.2, 0.25) is 0 Å². The van der Waals surface area contributed by atoms with Crippen molar-refractivity contribution in [2.45, 2.75) is 26.3 Å². The summed E-state index contributed by atoms with van der Waals surface area (Å²) in [6.07, 6.45) is 1.03. The first-order chi connectivity index (χ1) is 14.2. The summed E-state index contributed by atoms with van der Waals surface area (Å²) in [7, 11) is -0.993. The highest BCUT2D eigenvalue weighted by atomic mass is 31.1. The summed E-state index contributed by atoms with van der Waals surface area (Å²) in [6, 6.07) is 29.1. The lowest BCUT2D eigenvalue weighted by Gasteiger charge is -2.21. The number of hydrogen-bond acceptors (Lipinski definition) is 3. The maximum absolute atomic E-state index is 6.65. The van der Waals surface area contributed by atoms with Gasteiger partial charge in [-0.3, -0.25) is 0 Å². The lowest BCUT2D eigenvalue weighted by Crippen LogP contribution is -2.16. The molecule has 1 heterocycles. The third kappa shape index (κ3) is 4.86. The molecule has 1 aliphatic rings. The van der Waals surface area contributed by atoms with Crippen molar-refractivity contribution in [3.05, 3.63) is 90.5 Å². The highest BCUT2D eigenvalue weighted by molar-refractivity contribution is 7.68. The van der Waals surface area contributed by atoms with Gasteiger partial charge in [0.1, 0.15) is 12.4 Å². The maximum atomic E-state index is 6.65. The molecule has 0 unspecified atom stereocenters. The van der Waals surface area contributed by atoms with Crippen molar-refractivity contribution in [2.75, 3.05) is 6.61 Å². The first-order valence-corrected chi connectivity index (χ1v) is 11.3. The predicted molar refractivity (Wildman–Crippen MR) is 122 cm³/mol. The van der Waals surface area contributed by atoms with Crippen LogP contribution in [0, 0.1) is 5.92 Å². The van der Waals surface area contributed by atoms with Gasteiger partial charge in [-0.15, -0.1) is 0 Å². The zero-order valence-electron chi connectivity index (χ0n) is 16.9. The minimum absolute atomic E-state index is 0.225. The molecule has 0 spiro atoms. The predicted octanol–water partition coefficient (Wildman–Crippen LogP) is 5.30. The Morgan fingerprint density at radius 3 is 2.10 bits per heavy atom. The van der Waals surface area contributed by atoms with E-state index in [-0.39, 0.29) is 6.04 Å². The lowest BCUT2D eigenvalue weighted by atomic mass is 10.1. The molecule has 0 saturated heterocycles. The van der Waals surface area contributed by atoms with Crippen molar-refractivity contribution in [3.8, 4) is 5.75 Å². The average molecular weight is 403 g/mol. The average Bonchev–Trinajstić information content (AvgIpc) is 3.21. The number of ether oxygens (including phenoxy) is 1. The van der Waals surface area contributed by atoms with Crippen LogP contribution < -0.4 is 15.1 Å². The van der Waals surface area contributed by atoms with Crippen molar-refractivity contribution in [2.24, 2.45) is 10.9 Å². The van der Waals surface area contributed by atoms with Crippen molar-refractivity contribution in [1.82, 2.24) is 0 Å². The molecule has 1 atom stereocenters. The van der Waals surface area contributed by atoms with Crippen molar-refractivity contribution in [1.29, 1.82) is 0 Å². The molecule has 0 amide bonds. The molecule has 0 fully saturated rings. The Hall–Kier alpha value is -2.64. The van der Waals surface area contributed by atoms with E-state index in [0.29, 0.717) is 18.4 Å². The summed E-state index contributed by atoms with van der Waals surface area (Å²) >= 11 is 0. The number of rotatable bonds is 7. The van der Waals surface area contributed by atoms with Crippen LogP contribution in [0.15, 0.2) is 89.9 Å². The fourth-order valence-electron chi connectivity index (χ4n) is 3.43. The molecule has 0 saturated carbocycles. The Bertz CT molecular complexity index is 917. The van der Waals surface area contributed by atoms with E-state index in [1.165, 1.54) is 10.6 Å². The molecule has 1 aliphatic heterocycles. The van der Waals surface area contributed by atoms with Crippen LogP contribution in [0.5, 0.6) is 5.75 Å². The van der Waals surface area contributed by atoms with Crippen LogP contribution in [-0.4, -0.2) is 18.5 Å². The molecule has 0 radical (unpaired) electrons. The zero-order chi connectivity index (χ0) is 20.1. The minimum atomic E-state index is -0.993. The normalized spacial score (nSPS) is 16.0. The fraction of sp³-hybridized carbons (Fsp3) is 0.240. The summed E-state index contributed by atoms with van der Waals surface area (Å²) in [6.45, 7) is 5.09. The van der Waals surface area contributed by atoms with E-state index in [4.69, 9.17) is 14.3 Å². The molecule has 0 N–H and O–H groups in total. The van der Waals surface area contributed by atoms with E-state index in [9.17, 15) is 0 Å². The second-order valence-electron chi connectivity index (χ2n) is 7.58. The number of hydrogen-bond donors (Lipinski definition) is 0. The molecule has 4 heteroatoms. The number of para-hydroxylation sites is 1. The van der Waals surface area contributed by atoms with E-state index in [1.807, 2.05) is 36.4 Å². The van der Waals surface area contributed by atoms with Gasteiger partial charge < -0.3 is 9.26 Å². The maximum Gasteiger partial charge on any atom is 0.220 e. The molecule has 3 nitrogen and oxygen atoms in total. The van der Waals surface area contributed by atoms with Gasteiger partial charge in [0, 0.05) is 10.6 Å². The van der Waals surface area contributed by atoms with E-state index in [1.54, 1.807) is 0 Å². The second-order valence-corrected chi connectivity index (χ2v) is 9.39.